The minimum absolute atomic E-state index is 0. The molecule has 140 valence electrons. The van der Waals surface area contributed by atoms with E-state index >= 15 is 0 Å². The Kier molecular flexibility index (Phi) is 7.72. The van der Waals surface area contributed by atoms with Gasteiger partial charge in [0, 0.05) is 21.3 Å². The summed E-state index contributed by atoms with van der Waals surface area (Å²) in [6.07, 6.45) is 5.22. The summed E-state index contributed by atoms with van der Waals surface area (Å²) in [5.74, 6) is 0. The van der Waals surface area contributed by atoms with E-state index in [9.17, 15) is 0 Å². The van der Waals surface area contributed by atoms with Gasteiger partial charge in [-0.3, -0.25) is 4.70 Å². The summed E-state index contributed by atoms with van der Waals surface area (Å²) in [4.78, 5) is 0. The number of rotatable bonds is 3. The third kappa shape index (κ3) is 4.30. The smallest absolute Gasteiger partial charge is 0.379 e. The standard InChI is InChI=1S/C18H16.C3H10O3Si.FH/c1-3-7-15-13(5-1)9-11-18-16-8-4-2-6-14(16)10-12-17(15)18;1-4-7(5-2)6-3;/h1,3,5,7,9-12H,2,4,6,8H2;7H,1-3H3;1H. The lowest BCUT2D eigenvalue weighted by Crippen LogP contribution is -2.21. The van der Waals surface area contributed by atoms with Crippen LogP contribution in [0.3, 0.4) is 0 Å². The fraction of sp³-hybridized carbons (Fsp3) is 0.333. The van der Waals surface area contributed by atoms with Gasteiger partial charge in [0.05, 0.1) is 0 Å². The van der Waals surface area contributed by atoms with Crippen LogP contribution in [0.2, 0.25) is 0 Å². The molecule has 0 atom stereocenters. The molecule has 0 spiro atoms. The molecule has 3 nitrogen and oxygen atoms in total. The summed E-state index contributed by atoms with van der Waals surface area (Å²) < 4.78 is 14.2. The van der Waals surface area contributed by atoms with Gasteiger partial charge < -0.3 is 13.3 Å². The molecule has 0 radical (unpaired) electrons. The van der Waals surface area contributed by atoms with Gasteiger partial charge in [0.15, 0.2) is 0 Å². The van der Waals surface area contributed by atoms with Crippen LogP contribution in [0.1, 0.15) is 24.0 Å². The van der Waals surface area contributed by atoms with Crippen LogP contribution in [0.25, 0.3) is 21.5 Å². The number of aryl methyl sites for hydroxylation is 2. The minimum Gasteiger partial charge on any atom is -0.379 e. The second-order valence-electron chi connectivity index (χ2n) is 6.29. The lowest BCUT2D eigenvalue weighted by atomic mass is 9.86. The van der Waals surface area contributed by atoms with Crippen molar-refractivity contribution in [3.05, 3.63) is 59.7 Å². The molecular formula is C21H27FO3Si. The van der Waals surface area contributed by atoms with Crippen molar-refractivity contribution in [3.8, 4) is 0 Å². The van der Waals surface area contributed by atoms with Crippen molar-refractivity contribution in [1.82, 2.24) is 0 Å². The number of fused-ring (bicyclic) bond motifs is 5. The zero-order valence-corrected chi connectivity index (χ0v) is 16.8. The molecule has 0 unspecified atom stereocenters. The van der Waals surface area contributed by atoms with E-state index in [-0.39, 0.29) is 4.70 Å². The summed E-state index contributed by atoms with van der Waals surface area (Å²) in [7, 11) is 3.05. The highest BCUT2D eigenvalue weighted by atomic mass is 28.3. The summed E-state index contributed by atoms with van der Waals surface area (Å²) in [6, 6.07) is 18.0. The van der Waals surface area contributed by atoms with E-state index in [1.807, 2.05) is 0 Å². The molecule has 1 aliphatic carbocycles. The van der Waals surface area contributed by atoms with Gasteiger partial charge in [0.25, 0.3) is 0 Å². The molecule has 5 heteroatoms. The highest BCUT2D eigenvalue weighted by molar-refractivity contribution is 6.36. The molecule has 3 aromatic rings. The average molecular weight is 375 g/mol. The highest BCUT2D eigenvalue weighted by Crippen LogP contribution is 2.33. The molecule has 0 aromatic heterocycles. The average Bonchev–Trinajstić information content (AvgIpc) is 2.69. The van der Waals surface area contributed by atoms with Gasteiger partial charge in [-0.25, -0.2) is 0 Å². The molecule has 0 amide bonds. The van der Waals surface area contributed by atoms with Crippen LogP contribution in [-0.2, 0) is 26.1 Å². The van der Waals surface area contributed by atoms with Crippen molar-refractivity contribution in [1.29, 1.82) is 0 Å². The molecule has 0 fully saturated rings. The number of hydrogen-bond donors (Lipinski definition) is 0. The maximum atomic E-state index is 4.74. The normalized spacial score (nSPS) is 13.1. The molecule has 3 aromatic carbocycles. The second-order valence-corrected chi connectivity index (χ2v) is 8.28. The quantitative estimate of drug-likeness (QED) is 0.493. The Labute approximate surface area is 156 Å². The predicted octanol–water partition coefficient (Wildman–Crippen LogP) is 4.67. The Morgan fingerprint density at radius 2 is 1.35 bits per heavy atom. The zero-order valence-electron chi connectivity index (χ0n) is 15.7. The molecule has 0 N–H and O–H groups in total. The Morgan fingerprint density at radius 3 is 2.04 bits per heavy atom. The SMILES string of the molecule is CO[SiH](OC)OC.F.c1ccc2c(c1)ccc1c3c(ccc12)CCCC3. The Balaban J connectivity index is 0.000000265. The molecule has 1 aliphatic rings. The van der Waals surface area contributed by atoms with Crippen molar-refractivity contribution in [2.75, 3.05) is 21.3 Å². The maximum absolute atomic E-state index is 4.74. The van der Waals surface area contributed by atoms with Gasteiger partial charge in [-0.05, 0) is 58.4 Å². The second kappa shape index (κ2) is 9.78. The van der Waals surface area contributed by atoms with Crippen LogP contribution >= 0.6 is 0 Å². The summed E-state index contributed by atoms with van der Waals surface area (Å²) in [5, 5.41) is 5.64. The predicted molar refractivity (Wildman–Crippen MR) is 109 cm³/mol. The molecule has 0 aliphatic heterocycles. The van der Waals surface area contributed by atoms with Crippen LogP contribution in [0, 0.1) is 0 Å². The Morgan fingerprint density at radius 1 is 0.692 bits per heavy atom. The number of hydrogen-bond acceptors (Lipinski definition) is 3. The first-order valence-electron chi connectivity index (χ1n) is 8.79. The van der Waals surface area contributed by atoms with Gasteiger partial charge in [-0.2, -0.15) is 0 Å². The van der Waals surface area contributed by atoms with Crippen molar-refractivity contribution in [2.45, 2.75) is 25.7 Å². The maximum Gasteiger partial charge on any atom is 0.483 e. The van der Waals surface area contributed by atoms with Gasteiger partial charge >= 0.3 is 9.53 Å². The lowest BCUT2D eigenvalue weighted by Gasteiger charge is -2.18. The van der Waals surface area contributed by atoms with Crippen LogP contribution in [0.15, 0.2) is 48.5 Å². The third-order valence-corrected chi connectivity index (χ3v) is 5.99. The fourth-order valence-electron chi connectivity index (χ4n) is 3.63. The molecule has 0 heterocycles. The monoisotopic (exact) mass is 374 g/mol. The number of benzene rings is 3. The van der Waals surface area contributed by atoms with Gasteiger partial charge in [0.2, 0.25) is 0 Å². The van der Waals surface area contributed by atoms with E-state index in [0.29, 0.717) is 0 Å². The lowest BCUT2D eigenvalue weighted by molar-refractivity contribution is 0.163. The summed E-state index contributed by atoms with van der Waals surface area (Å²) in [6.45, 7) is 0. The van der Waals surface area contributed by atoms with Crippen LogP contribution in [-0.4, -0.2) is 30.9 Å². The summed E-state index contributed by atoms with van der Waals surface area (Å²) >= 11 is 0. The first-order chi connectivity index (χ1) is 12.3. The van der Waals surface area contributed by atoms with Crippen LogP contribution < -0.4 is 0 Å². The van der Waals surface area contributed by atoms with E-state index in [1.165, 1.54) is 47.2 Å². The van der Waals surface area contributed by atoms with E-state index in [1.54, 1.807) is 32.5 Å². The highest BCUT2D eigenvalue weighted by Gasteiger charge is 2.13. The van der Waals surface area contributed by atoms with E-state index < -0.39 is 9.53 Å². The van der Waals surface area contributed by atoms with Crippen LogP contribution in [0.5, 0.6) is 0 Å². The van der Waals surface area contributed by atoms with Crippen molar-refractivity contribution < 1.29 is 18.0 Å². The number of halogens is 1. The Bertz CT molecular complexity index is 844. The third-order valence-electron chi connectivity index (χ3n) is 4.83. The molecule has 0 saturated carbocycles. The molecule has 0 saturated heterocycles. The van der Waals surface area contributed by atoms with E-state index in [2.05, 4.69) is 48.5 Å². The molecule has 0 bridgehead atoms. The van der Waals surface area contributed by atoms with E-state index in [4.69, 9.17) is 13.3 Å². The first-order valence-corrected chi connectivity index (χ1v) is 10.2. The van der Waals surface area contributed by atoms with Crippen molar-refractivity contribution >= 4 is 31.1 Å². The first kappa shape index (κ1) is 20.5. The van der Waals surface area contributed by atoms with E-state index in [0.717, 1.165) is 0 Å². The van der Waals surface area contributed by atoms with Crippen LogP contribution in [0.4, 0.5) is 4.70 Å². The Hall–Kier alpha value is -1.79. The molecule has 4 rings (SSSR count). The summed E-state index contributed by atoms with van der Waals surface area (Å²) in [5.41, 5.74) is 3.17. The molecule has 26 heavy (non-hydrogen) atoms. The van der Waals surface area contributed by atoms with Crippen molar-refractivity contribution in [3.63, 3.8) is 0 Å². The van der Waals surface area contributed by atoms with Gasteiger partial charge in [0.1, 0.15) is 0 Å². The fourth-order valence-corrected chi connectivity index (χ4v) is 4.21. The zero-order chi connectivity index (χ0) is 17.6. The molecular weight excluding hydrogens is 347 g/mol. The minimum atomic E-state index is -1.67. The van der Waals surface area contributed by atoms with Crippen molar-refractivity contribution in [2.24, 2.45) is 0 Å². The van der Waals surface area contributed by atoms with Gasteiger partial charge in [-0.1, -0.05) is 48.5 Å². The topological polar surface area (TPSA) is 27.7 Å². The largest absolute Gasteiger partial charge is 0.483 e. The van der Waals surface area contributed by atoms with Gasteiger partial charge in [-0.15, -0.1) is 0 Å².